The molecular weight excluding hydrogens is 348 g/mol. The first-order chi connectivity index (χ1) is 12.7. The number of hydrogen-bond acceptors (Lipinski definition) is 4. The van der Waals surface area contributed by atoms with Gasteiger partial charge in [-0.05, 0) is 53.9 Å². The van der Waals surface area contributed by atoms with E-state index >= 15 is 0 Å². The number of fused-ring (bicyclic) bond motifs is 1. The zero-order valence-electron chi connectivity index (χ0n) is 14.2. The summed E-state index contributed by atoms with van der Waals surface area (Å²) in [6, 6.07) is 17.8. The third kappa shape index (κ3) is 3.48. The van der Waals surface area contributed by atoms with Crippen molar-refractivity contribution in [2.75, 3.05) is 5.32 Å². The SMILES string of the molecule is Cc1c[nH]c2nc(Cl)nc(Nc3ccc(OCc4ccccc4)cc3)c12. The van der Waals surface area contributed by atoms with E-state index in [0.29, 0.717) is 18.1 Å². The number of aryl methyl sites for hydroxylation is 1. The van der Waals surface area contributed by atoms with Crippen LogP contribution in [0.2, 0.25) is 5.28 Å². The van der Waals surface area contributed by atoms with E-state index in [2.05, 4.69) is 20.3 Å². The summed E-state index contributed by atoms with van der Waals surface area (Å²) in [5.41, 5.74) is 3.80. The Balaban J connectivity index is 1.50. The summed E-state index contributed by atoms with van der Waals surface area (Å²) in [6.45, 7) is 2.54. The molecule has 26 heavy (non-hydrogen) atoms. The zero-order valence-corrected chi connectivity index (χ0v) is 14.9. The lowest BCUT2D eigenvalue weighted by molar-refractivity contribution is 0.306. The molecule has 0 atom stereocenters. The number of halogens is 1. The van der Waals surface area contributed by atoms with Gasteiger partial charge >= 0.3 is 0 Å². The Bertz CT molecular complexity index is 1030. The molecule has 0 radical (unpaired) electrons. The van der Waals surface area contributed by atoms with E-state index in [1.54, 1.807) is 0 Å². The standard InChI is InChI=1S/C20H17ClN4O/c1-13-11-22-18-17(13)19(25-20(21)24-18)23-15-7-9-16(10-8-15)26-12-14-5-3-2-4-6-14/h2-11H,12H2,1H3,(H2,22,23,24,25). The highest BCUT2D eigenvalue weighted by Crippen LogP contribution is 2.28. The second-order valence-electron chi connectivity index (χ2n) is 5.96. The lowest BCUT2D eigenvalue weighted by Gasteiger charge is -2.10. The molecule has 5 nitrogen and oxygen atoms in total. The van der Waals surface area contributed by atoms with Crippen molar-refractivity contribution in [1.29, 1.82) is 0 Å². The van der Waals surface area contributed by atoms with Crippen molar-refractivity contribution < 1.29 is 4.74 Å². The van der Waals surface area contributed by atoms with Crippen LogP contribution in [-0.2, 0) is 6.61 Å². The Morgan fingerprint density at radius 2 is 1.81 bits per heavy atom. The molecule has 2 aromatic heterocycles. The fourth-order valence-electron chi connectivity index (χ4n) is 2.76. The number of nitrogens with one attached hydrogen (secondary N) is 2. The summed E-state index contributed by atoms with van der Waals surface area (Å²) in [5, 5.41) is 4.43. The van der Waals surface area contributed by atoms with Gasteiger partial charge in [-0.25, -0.2) is 0 Å². The second-order valence-corrected chi connectivity index (χ2v) is 6.30. The molecular formula is C20H17ClN4O. The van der Waals surface area contributed by atoms with E-state index < -0.39 is 0 Å². The normalized spacial score (nSPS) is 10.8. The monoisotopic (exact) mass is 364 g/mol. The molecule has 0 unspecified atom stereocenters. The van der Waals surface area contributed by atoms with Crippen LogP contribution < -0.4 is 10.1 Å². The minimum absolute atomic E-state index is 0.199. The summed E-state index contributed by atoms with van der Waals surface area (Å²) in [6.07, 6.45) is 1.89. The fraction of sp³-hybridized carbons (Fsp3) is 0.100. The van der Waals surface area contributed by atoms with Crippen molar-refractivity contribution in [3.8, 4) is 5.75 Å². The molecule has 0 bridgehead atoms. The van der Waals surface area contributed by atoms with E-state index in [1.807, 2.05) is 67.7 Å². The Morgan fingerprint density at radius 1 is 1.04 bits per heavy atom. The van der Waals surface area contributed by atoms with Gasteiger partial charge in [-0.2, -0.15) is 9.97 Å². The summed E-state index contributed by atoms with van der Waals surface area (Å²) in [7, 11) is 0. The highest BCUT2D eigenvalue weighted by molar-refractivity contribution is 6.28. The number of H-pyrrole nitrogens is 1. The molecule has 0 spiro atoms. The Morgan fingerprint density at radius 3 is 2.58 bits per heavy atom. The highest BCUT2D eigenvalue weighted by atomic mass is 35.5. The average Bonchev–Trinajstić information content (AvgIpc) is 3.03. The molecule has 0 aliphatic rings. The van der Waals surface area contributed by atoms with E-state index in [0.717, 1.165) is 28.0 Å². The third-order valence-corrected chi connectivity index (χ3v) is 4.24. The minimum Gasteiger partial charge on any atom is -0.489 e. The van der Waals surface area contributed by atoms with Gasteiger partial charge in [-0.15, -0.1) is 0 Å². The van der Waals surface area contributed by atoms with Gasteiger partial charge in [0.25, 0.3) is 0 Å². The van der Waals surface area contributed by atoms with Crippen LogP contribution in [0.4, 0.5) is 11.5 Å². The number of hydrogen-bond donors (Lipinski definition) is 2. The van der Waals surface area contributed by atoms with Gasteiger partial charge in [0.05, 0.1) is 5.39 Å². The van der Waals surface area contributed by atoms with Gasteiger partial charge in [-0.3, -0.25) is 0 Å². The molecule has 2 N–H and O–H groups in total. The molecule has 0 aliphatic carbocycles. The summed E-state index contributed by atoms with van der Waals surface area (Å²) in [4.78, 5) is 11.6. The molecule has 6 heteroatoms. The first-order valence-electron chi connectivity index (χ1n) is 8.24. The van der Waals surface area contributed by atoms with E-state index in [-0.39, 0.29) is 5.28 Å². The topological polar surface area (TPSA) is 62.8 Å². The fourth-order valence-corrected chi connectivity index (χ4v) is 2.93. The van der Waals surface area contributed by atoms with Crippen LogP contribution >= 0.6 is 11.6 Å². The van der Waals surface area contributed by atoms with Crippen LogP contribution in [-0.4, -0.2) is 15.0 Å². The molecule has 0 saturated carbocycles. The van der Waals surface area contributed by atoms with Crippen LogP contribution in [0.15, 0.2) is 60.8 Å². The van der Waals surface area contributed by atoms with Crippen LogP contribution in [0.5, 0.6) is 5.75 Å². The predicted octanol–water partition coefficient (Wildman–Crippen LogP) is 5.24. The number of nitrogens with zero attached hydrogens (tertiary/aromatic N) is 2. The van der Waals surface area contributed by atoms with Gasteiger partial charge < -0.3 is 15.0 Å². The lowest BCUT2D eigenvalue weighted by atomic mass is 10.2. The van der Waals surface area contributed by atoms with Crippen LogP contribution in [0.25, 0.3) is 11.0 Å². The van der Waals surface area contributed by atoms with Gasteiger partial charge in [0.15, 0.2) is 0 Å². The van der Waals surface area contributed by atoms with Crippen LogP contribution in [0, 0.1) is 6.92 Å². The molecule has 130 valence electrons. The van der Waals surface area contributed by atoms with Crippen molar-refractivity contribution in [3.63, 3.8) is 0 Å². The molecule has 2 aromatic carbocycles. The highest BCUT2D eigenvalue weighted by Gasteiger charge is 2.11. The number of ether oxygens (including phenoxy) is 1. The lowest BCUT2D eigenvalue weighted by Crippen LogP contribution is -1.98. The molecule has 0 saturated heterocycles. The molecule has 4 rings (SSSR count). The van der Waals surface area contributed by atoms with Gasteiger partial charge in [0, 0.05) is 11.9 Å². The molecule has 4 aromatic rings. The molecule has 0 amide bonds. The summed E-state index contributed by atoms with van der Waals surface area (Å²) < 4.78 is 5.81. The van der Waals surface area contributed by atoms with Crippen molar-refractivity contribution in [2.24, 2.45) is 0 Å². The zero-order chi connectivity index (χ0) is 17.9. The van der Waals surface area contributed by atoms with Crippen molar-refractivity contribution in [2.45, 2.75) is 13.5 Å². The number of aromatic amines is 1. The molecule has 0 fully saturated rings. The van der Waals surface area contributed by atoms with E-state index in [4.69, 9.17) is 16.3 Å². The second kappa shape index (κ2) is 7.06. The first-order valence-corrected chi connectivity index (χ1v) is 8.62. The molecule has 2 heterocycles. The van der Waals surface area contributed by atoms with Crippen molar-refractivity contribution in [1.82, 2.24) is 15.0 Å². The van der Waals surface area contributed by atoms with E-state index in [9.17, 15) is 0 Å². The predicted molar refractivity (Wildman–Crippen MR) is 104 cm³/mol. The average molecular weight is 365 g/mol. The number of rotatable bonds is 5. The maximum atomic E-state index is 6.02. The van der Waals surface area contributed by atoms with E-state index in [1.165, 1.54) is 0 Å². The summed E-state index contributed by atoms with van der Waals surface area (Å²) >= 11 is 6.02. The Kier molecular flexibility index (Phi) is 4.46. The minimum atomic E-state index is 0.199. The first kappa shape index (κ1) is 16.4. The number of benzene rings is 2. The van der Waals surface area contributed by atoms with Gasteiger partial charge in [-0.1, -0.05) is 30.3 Å². The van der Waals surface area contributed by atoms with Crippen LogP contribution in [0.1, 0.15) is 11.1 Å². The quantitative estimate of drug-likeness (QED) is 0.475. The maximum Gasteiger partial charge on any atom is 0.226 e. The van der Waals surface area contributed by atoms with Crippen molar-refractivity contribution >= 4 is 34.1 Å². The third-order valence-electron chi connectivity index (χ3n) is 4.07. The largest absolute Gasteiger partial charge is 0.489 e. The van der Waals surface area contributed by atoms with Gasteiger partial charge in [0.2, 0.25) is 5.28 Å². The number of aromatic nitrogens is 3. The van der Waals surface area contributed by atoms with Crippen molar-refractivity contribution in [3.05, 3.63) is 77.2 Å². The van der Waals surface area contributed by atoms with Crippen LogP contribution in [0.3, 0.4) is 0 Å². The Labute approximate surface area is 156 Å². The smallest absolute Gasteiger partial charge is 0.226 e. The summed E-state index contributed by atoms with van der Waals surface area (Å²) in [5.74, 6) is 1.49. The molecule has 0 aliphatic heterocycles. The maximum absolute atomic E-state index is 6.02. The Hall–Kier alpha value is -3.05. The number of anilines is 2. The van der Waals surface area contributed by atoms with Gasteiger partial charge in [0.1, 0.15) is 23.8 Å².